The Labute approximate surface area is 145 Å². The fraction of sp³-hybridized carbons (Fsp3) is 0.571. The Morgan fingerprint density at radius 1 is 1.31 bits per heavy atom. The van der Waals surface area contributed by atoms with Gasteiger partial charge in [-0.15, -0.1) is 0 Å². The van der Waals surface area contributed by atoms with Crippen LogP contribution in [-0.2, 0) is 33.9 Å². The standard InChI is InChI=1S/C5H9NO3S.C2H4O2.Ca.Zn.2H/c1-3(7)6-4(2-10)5(8)9;1-2(3)4;;;;/h4,10H,2H2,1H3,(H,6,7)(H,8,9);1H3,(H,3,4);;;;/q;;+2;;2*-1/t4-;;;;;/m0...../s1. The summed E-state index contributed by atoms with van der Waals surface area (Å²) in [5.74, 6) is -2.15. The zero-order valence-electron chi connectivity index (χ0n) is 11.3. The van der Waals surface area contributed by atoms with Crippen molar-refractivity contribution in [2.45, 2.75) is 19.9 Å². The second-order valence-electron chi connectivity index (χ2n) is 2.29. The third-order valence-electron chi connectivity index (χ3n) is 0.858. The molecule has 0 bridgehead atoms. The minimum absolute atomic E-state index is 0. The maximum Gasteiger partial charge on any atom is 2.00 e. The van der Waals surface area contributed by atoms with E-state index in [9.17, 15) is 9.59 Å². The summed E-state index contributed by atoms with van der Waals surface area (Å²) in [5, 5.41) is 18.0. The van der Waals surface area contributed by atoms with Gasteiger partial charge >= 0.3 is 43.7 Å². The average molecular weight is 331 g/mol. The van der Waals surface area contributed by atoms with Crippen LogP contribution in [0.3, 0.4) is 0 Å². The number of hydrogen-bond donors (Lipinski definition) is 4. The molecule has 0 unspecified atom stereocenters. The zero-order valence-corrected chi connectivity index (χ0v) is 15.3. The number of carboxylic acid groups (broad SMARTS) is 2. The van der Waals surface area contributed by atoms with Gasteiger partial charge in [0.05, 0.1) is 0 Å². The normalized spacial score (nSPS) is 9.19. The van der Waals surface area contributed by atoms with Gasteiger partial charge in [0.2, 0.25) is 5.91 Å². The molecule has 0 spiro atoms. The first kappa shape index (κ1) is 25.5. The van der Waals surface area contributed by atoms with Crippen LogP contribution in [0.1, 0.15) is 16.7 Å². The molecule has 0 saturated carbocycles. The van der Waals surface area contributed by atoms with Crippen LogP contribution in [0.5, 0.6) is 0 Å². The van der Waals surface area contributed by atoms with E-state index in [0.717, 1.165) is 6.92 Å². The van der Waals surface area contributed by atoms with Crippen LogP contribution in [0.2, 0.25) is 0 Å². The van der Waals surface area contributed by atoms with Crippen molar-refractivity contribution in [3.8, 4) is 0 Å². The van der Waals surface area contributed by atoms with Crippen molar-refractivity contribution >= 4 is 68.2 Å². The SMILES string of the molecule is CC(=O)N[C@@H](CS)C(=O)O.CC(=O)O.[Ca+2].[H-].[H-].[Zn]. The van der Waals surface area contributed by atoms with E-state index in [4.69, 9.17) is 15.0 Å². The maximum absolute atomic E-state index is 10.3. The van der Waals surface area contributed by atoms with Crippen LogP contribution in [0.25, 0.3) is 0 Å². The zero-order chi connectivity index (χ0) is 11.7. The predicted molar refractivity (Wildman–Crippen MR) is 60.4 cm³/mol. The summed E-state index contributed by atoms with van der Waals surface area (Å²) in [6.07, 6.45) is 0. The van der Waals surface area contributed by atoms with Gasteiger partial charge in [0, 0.05) is 39.1 Å². The van der Waals surface area contributed by atoms with Gasteiger partial charge in [0.1, 0.15) is 6.04 Å². The molecule has 0 rings (SSSR count). The number of carbonyl (C=O) groups excluding carboxylic acids is 1. The van der Waals surface area contributed by atoms with E-state index in [2.05, 4.69) is 17.9 Å². The number of amides is 1. The smallest absolute Gasteiger partial charge is 1.00 e. The molecule has 0 aliphatic carbocycles. The second-order valence-corrected chi connectivity index (χ2v) is 2.66. The Morgan fingerprint density at radius 2 is 1.62 bits per heavy atom. The van der Waals surface area contributed by atoms with Crippen molar-refractivity contribution in [3.63, 3.8) is 0 Å². The predicted octanol–water partition coefficient (Wildman–Crippen LogP) is -0.562. The molecule has 0 aliphatic heterocycles. The largest absolute Gasteiger partial charge is 2.00 e. The van der Waals surface area contributed by atoms with E-state index < -0.39 is 18.0 Å². The molecule has 6 nitrogen and oxygen atoms in total. The van der Waals surface area contributed by atoms with E-state index in [-0.39, 0.29) is 71.7 Å². The monoisotopic (exact) mass is 329 g/mol. The molecule has 9 heteroatoms. The number of aliphatic carboxylic acids is 2. The molecule has 0 saturated heterocycles. The molecule has 0 heterocycles. The van der Waals surface area contributed by atoms with Gasteiger partial charge in [-0.25, -0.2) is 4.79 Å². The molecule has 3 N–H and O–H groups in total. The van der Waals surface area contributed by atoms with Crippen molar-refractivity contribution in [2.24, 2.45) is 0 Å². The number of thiol groups is 1. The number of rotatable bonds is 3. The van der Waals surface area contributed by atoms with Crippen LogP contribution in [-0.4, -0.2) is 77.6 Å². The molecule has 88 valence electrons. The van der Waals surface area contributed by atoms with Gasteiger partial charge in [0.15, 0.2) is 0 Å². The third-order valence-corrected chi connectivity index (χ3v) is 1.22. The van der Waals surface area contributed by atoms with Gasteiger partial charge in [-0.3, -0.25) is 9.59 Å². The minimum Gasteiger partial charge on any atom is -1.00 e. The Bertz CT molecular complexity index is 234. The van der Waals surface area contributed by atoms with Gasteiger partial charge in [0.25, 0.3) is 5.97 Å². The summed E-state index contributed by atoms with van der Waals surface area (Å²) in [4.78, 5) is 29.5. The molecule has 16 heavy (non-hydrogen) atoms. The van der Waals surface area contributed by atoms with Crippen LogP contribution >= 0.6 is 12.6 Å². The second kappa shape index (κ2) is 15.6. The number of hydrogen-bond acceptors (Lipinski definition) is 4. The molecule has 0 aromatic carbocycles. The summed E-state index contributed by atoms with van der Waals surface area (Å²) in [7, 11) is 0. The van der Waals surface area contributed by atoms with E-state index in [1.54, 1.807) is 0 Å². The fourth-order valence-corrected chi connectivity index (χ4v) is 0.678. The first-order chi connectivity index (χ1) is 6.31. The van der Waals surface area contributed by atoms with Crippen molar-refractivity contribution in [2.75, 3.05) is 5.75 Å². The average Bonchev–Trinajstić information content (AvgIpc) is 1.98. The quantitative estimate of drug-likeness (QED) is 0.410. The van der Waals surface area contributed by atoms with Gasteiger partial charge in [-0.1, -0.05) is 0 Å². The van der Waals surface area contributed by atoms with Crippen LogP contribution in [0.4, 0.5) is 0 Å². The van der Waals surface area contributed by atoms with E-state index in [1.165, 1.54) is 6.92 Å². The minimum atomic E-state index is -1.06. The maximum atomic E-state index is 10.3. The number of nitrogens with one attached hydrogen (secondary N) is 1. The Morgan fingerprint density at radius 3 is 1.69 bits per heavy atom. The Balaban J connectivity index is -0.0000000402. The third kappa shape index (κ3) is 24.1. The molecular formula is C7H15CaNO5SZn. The first-order valence-corrected chi connectivity index (χ1v) is 4.24. The van der Waals surface area contributed by atoms with E-state index in [1.807, 2.05) is 0 Å². The molecule has 1 atom stereocenters. The molecule has 0 aliphatic rings. The van der Waals surface area contributed by atoms with Crippen LogP contribution in [0.15, 0.2) is 0 Å². The Kier molecular flexibility index (Phi) is 24.9. The number of carbonyl (C=O) groups is 3. The molecule has 0 radical (unpaired) electrons. The van der Waals surface area contributed by atoms with Crippen molar-refractivity contribution in [1.82, 2.24) is 5.32 Å². The topological polar surface area (TPSA) is 104 Å². The summed E-state index contributed by atoms with van der Waals surface area (Å²) >= 11 is 3.73. The summed E-state index contributed by atoms with van der Waals surface area (Å²) in [6.45, 7) is 2.35. The van der Waals surface area contributed by atoms with Crippen molar-refractivity contribution in [1.29, 1.82) is 0 Å². The molecular weight excluding hydrogens is 316 g/mol. The Hall–Kier alpha value is 0.643. The summed E-state index contributed by atoms with van der Waals surface area (Å²) in [5.41, 5.74) is 0. The molecule has 0 fully saturated rings. The first-order valence-electron chi connectivity index (χ1n) is 3.61. The summed E-state index contributed by atoms with van der Waals surface area (Å²) < 4.78 is 0. The van der Waals surface area contributed by atoms with Gasteiger partial charge in [-0.05, 0) is 0 Å². The van der Waals surface area contributed by atoms with Crippen LogP contribution < -0.4 is 5.32 Å². The van der Waals surface area contributed by atoms with Crippen molar-refractivity contribution in [3.05, 3.63) is 0 Å². The summed E-state index contributed by atoms with van der Waals surface area (Å²) in [6, 6.07) is -0.874. The molecule has 0 aromatic rings. The molecule has 1 amide bonds. The fourth-order valence-electron chi connectivity index (χ4n) is 0.431. The van der Waals surface area contributed by atoms with Gasteiger partial charge in [-0.2, -0.15) is 12.6 Å². The van der Waals surface area contributed by atoms with E-state index >= 15 is 0 Å². The van der Waals surface area contributed by atoms with Crippen LogP contribution in [0, 0.1) is 0 Å². The number of carboxylic acids is 2. The van der Waals surface area contributed by atoms with Gasteiger partial charge < -0.3 is 18.4 Å². The van der Waals surface area contributed by atoms with E-state index in [0.29, 0.717) is 0 Å². The molecule has 0 aromatic heterocycles. The van der Waals surface area contributed by atoms with Crippen molar-refractivity contribution < 1.29 is 46.9 Å².